The number of rotatable bonds is 7. The summed E-state index contributed by atoms with van der Waals surface area (Å²) >= 11 is 1.55. The van der Waals surface area contributed by atoms with E-state index in [1.54, 1.807) is 24.8 Å². The highest BCUT2D eigenvalue weighted by Crippen LogP contribution is 2.33. The summed E-state index contributed by atoms with van der Waals surface area (Å²) in [6.45, 7) is 3.58. The van der Waals surface area contributed by atoms with E-state index >= 15 is 0 Å². The van der Waals surface area contributed by atoms with Gasteiger partial charge in [0.1, 0.15) is 0 Å². The van der Waals surface area contributed by atoms with Gasteiger partial charge < -0.3 is 15.4 Å². The number of amides is 3. The van der Waals surface area contributed by atoms with E-state index in [1.165, 1.54) is 7.11 Å². The van der Waals surface area contributed by atoms with Crippen molar-refractivity contribution in [2.75, 3.05) is 17.7 Å². The maximum atomic E-state index is 12.2. The maximum Gasteiger partial charge on any atom is 0.413 e. The molecule has 2 aromatic rings. The molecule has 0 aliphatic heterocycles. The Morgan fingerprint density at radius 1 is 0.968 bits per heavy atom. The second-order valence-corrected chi connectivity index (χ2v) is 7.52. The number of carbonyl (C=O) groups excluding carboxylic acids is 3. The lowest BCUT2D eigenvalue weighted by molar-refractivity contribution is -0.117. The molecule has 8 nitrogen and oxygen atoms in total. The van der Waals surface area contributed by atoms with Crippen LogP contribution in [0.2, 0.25) is 0 Å². The van der Waals surface area contributed by atoms with Crippen molar-refractivity contribution in [2.45, 2.75) is 42.9 Å². The molecular formula is C22H26N4O4S. The minimum Gasteiger partial charge on any atom is -0.453 e. The predicted molar refractivity (Wildman–Crippen MR) is 122 cm³/mol. The van der Waals surface area contributed by atoms with Gasteiger partial charge in [-0.15, -0.1) is 0 Å². The highest BCUT2D eigenvalue weighted by Gasteiger charge is 2.13. The van der Waals surface area contributed by atoms with Crippen LogP contribution < -0.4 is 16.0 Å². The summed E-state index contributed by atoms with van der Waals surface area (Å²) in [7, 11) is 1.21. The number of guanidine groups is 1. The zero-order valence-corrected chi connectivity index (χ0v) is 18.5. The van der Waals surface area contributed by atoms with Gasteiger partial charge in [0.2, 0.25) is 17.8 Å². The molecule has 0 bridgehead atoms. The third kappa shape index (κ3) is 8.13. The molecule has 0 saturated carbocycles. The van der Waals surface area contributed by atoms with E-state index in [0.717, 1.165) is 9.79 Å². The van der Waals surface area contributed by atoms with Gasteiger partial charge in [-0.2, -0.15) is 4.99 Å². The Kier molecular flexibility index (Phi) is 9.57. The first-order valence-corrected chi connectivity index (χ1v) is 10.7. The molecule has 0 atom stereocenters. The molecule has 0 unspecified atom stereocenters. The summed E-state index contributed by atoms with van der Waals surface area (Å²) in [4.78, 5) is 41.5. The topological polar surface area (TPSA) is 109 Å². The smallest absolute Gasteiger partial charge is 0.413 e. The fourth-order valence-corrected chi connectivity index (χ4v) is 3.31. The first-order valence-electron chi connectivity index (χ1n) is 9.85. The summed E-state index contributed by atoms with van der Waals surface area (Å²) in [6.07, 6.45) is 0.462. The van der Waals surface area contributed by atoms with E-state index in [2.05, 4.69) is 25.7 Å². The van der Waals surface area contributed by atoms with Crippen LogP contribution >= 0.6 is 11.8 Å². The maximum absolute atomic E-state index is 12.2. The van der Waals surface area contributed by atoms with Crippen LogP contribution in [0, 0.1) is 0 Å². The Hall–Kier alpha value is -3.33. The van der Waals surface area contributed by atoms with Crippen molar-refractivity contribution in [1.29, 1.82) is 0 Å². The van der Waals surface area contributed by atoms with Gasteiger partial charge in [-0.3, -0.25) is 14.9 Å². The van der Waals surface area contributed by atoms with Crippen LogP contribution in [0.25, 0.3) is 0 Å². The van der Waals surface area contributed by atoms with Crippen molar-refractivity contribution in [1.82, 2.24) is 5.32 Å². The molecule has 0 spiro atoms. The van der Waals surface area contributed by atoms with Crippen molar-refractivity contribution in [3.05, 3.63) is 48.5 Å². The average Bonchev–Trinajstić information content (AvgIpc) is 2.76. The number of nitrogens with zero attached hydrogens (tertiary/aromatic N) is 1. The van der Waals surface area contributed by atoms with Gasteiger partial charge in [0.05, 0.1) is 18.5 Å². The molecule has 0 heterocycles. The second kappa shape index (κ2) is 12.4. The van der Waals surface area contributed by atoms with Crippen LogP contribution in [0.5, 0.6) is 0 Å². The van der Waals surface area contributed by atoms with E-state index in [1.807, 2.05) is 49.4 Å². The first kappa shape index (κ1) is 23.9. The number of methoxy groups -OCH3 is 1. The predicted octanol–water partition coefficient (Wildman–Crippen LogP) is 4.64. The number of nitrogens with one attached hydrogen (secondary N) is 3. The molecule has 3 amide bonds. The van der Waals surface area contributed by atoms with E-state index in [0.29, 0.717) is 24.2 Å². The van der Waals surface area contributed by atoms with Crippen molar-refractivity contribution in [2.24, 2.45) is 4.99 Å². The van der Waals surface area contributed by atoms with Gasteiger partial charge in [-0.25, -0.2) is 4.79 Å². The zero-order chi connectivity index (χ0) is 22.6. The van der Waals surface area contributed by atoms with E-state index < -0.39 is 12.0 Å². The lowest BCUT2D eigenvalue weighted by atomic mass is 10.2. The fraction of sp³-hybridized carbons (Fsp3) is 0.273. The molecular weight excluding hydrogens is 416 g/mol. The van der Waals surface area contributed by atoms with E-state index in [-0.39, 0.29) is 18.3 Å². The SMILES string of the molecule is CCCC(=O)Nc1cc(Sc2ccccc2)ccc1NC(=NC(=O)CC)NC(=O)OC. The summed E-state index contributed by atoms with van der Waals surface area (Å²) in [5.74, 6) is -0.656. The van der Waals surface area contributed by atoms with Crippen LogP contribution in [-0.2, 0) is 14.3 Å². The number of hydrogen-bond acceptors (Lipinski definition) is 5. The molecule has 31 heavy (non-hydrogen) atoms. The Morgan fingerprint density at radius 3 is 2.35 bits per heavy atom. The summed E-state index contributed by atoms with van der Waals surface area (Å²) in [5, 5.41) is 8.17. The van der Waals surface area contributed by atoms with Gasteiger partial charge in [0, 0.05) is 22.6 Å². The highest BCUT2D eigenvalue weighted by atomic mass is 32.2. The molecule has 0 saturated heterocycles. The van der Waals surface area contributed by atoms with Crippen molar-refractivity contribution >= 4 is 47.0 Å². The van der Waals surface area contributed by atoms with Crippen molar-refractivity contribution in [3.63, 3.8) is 0 Å². The van der Waals surface area contributed by atoms with Crippen LogP contribution in [0.4, 0.5) is 16.2 Å². The van der Waals surface area contributed by atoms with Gasteiger partial charge >= 0.3 is 6.09 Å². The van der Waals surface area contributed by atoms with E-state index in [9.17, 15) is 14.4 Å². The quantitative estimate of drug-likeness (QED) is 0.426. The second-order valence-electron chi connectivity index (χ2n) is 6.37. The Morgan fingerprint density at radius 2 is 1.71 bits per heavy atom. The summed E-state index contributed by atoms with van der Waals surface area (Å²) < 4.78 is 4.59. The molecule has 0 radical (unpaired) electrons. The van der Waals surface area contributed by atoms with Crippen LogP contribution in [-0.4, -0.2) is 31.0 Å². The standard InChI is InChI=1S/C22H26N4O4S/c1-4-9-20(28)23-18-14-16(31-15-10-7-6-8-11-15)12-13-17(18)24-21(25-19(27)5-2)26-22(29)30-3/h6-8,10-14H,4-5,9H2,1-3H3,(H,23,28)(H2,24,25,26,27,29). The molecule has 2 rings (SSSR count). The molecule has 0 aromatic heterocycles. The molecule has 0 aliphatic rings. The zero-order valence-electron chi connectivity index (χ0n) is 17.7. The highest BCUT2D eigenvalue weighted by molar-refractivity contribution is 7.99. The minimum atomic E-state index is -0.775. The number of anilines is 2. The molecule has 3 N–H and O–H groups in total. The monoisotopic (exact) mass is 442 g/mol. The normalized spacial score (nSPS) is 10.9. The lowest BCUT2D eigenvalue weighted by Gasteiger charge is -2.16. The van der Waals surface area contributed by atoms with Gasteiger partial charge in [0.25, 0.3) is 0 Å². The van der Waals surface area contributed by atoms with Crippen molar-refractivity contribution < 1.29 is 19.1 Å². The lowest BCUT2D eigenvalue weighted by Crippen LogP contribution is -2.36. The largest absolute Gasteiger partial charge is 0.453 e. The average molecular weight is 443 g/mol. The van der Waals surface area contributed by atoms with Gasteiger partial charge in [0.15, 0.2) is 0 Å². The Balaban J connectivity index is 2.35. The van der Waals surface area contributed by atoms with Crippen LogP contribution in [0.15, 0.2) is 63.3 Å². The van der Waals surface area contributed by atoms with Gasteiger partial charge in [-0.05, 0) is 36.8 Å². The van der Waals surface area contributed by atoms with Crippen molar-refractivity contribution in [3.8, 4) is 0 Å². The van der Waals surface area contributed by atoms with Crippen LogP contribution in [0.1, 0.15) is 33.1 Å². The third-order valence-electron chi connectivity index (χ3n) is 3.92. The summed E-state index contributed by atoms with van der Waals surface area (Å²) in [5.41, 5.74) is 0.976. The number of hydrogen-bond donors (Lipinski definition) is 3. The Bertz CT molecular complexity index is 948. The minimum absolute atomic E-state index is 0.0897. The third-order valence-corrected chi connectivity index (χ3v) is 4.92. The number of carbonyl (C=O) groups is 3. The first-order chi connectivity index (χ1) is 14.9. The molecule has 164 valence electrons. The summed E-state index contributed by atoms with van der Waals surface area (Å²) in [6, 6.07) is 15.3. The molecule has 0 aliphatic carbocycles. The molecule has 0 fully saturated rings. The van der Waals surface area contributed by atoms with Gasteiger partial charge in [-0.1, -0.05) is 43.8 Å². The number of aliphatic imine (C=N–C) groups is 1. The number of alkyl carbamates (subject to hydrolysis) is 1. The fourth-order valence-electron chi connectivity index (χ4n) is 2.43. The number of benzene rings is 2. The molecule has 9 heteroatoms. The number of ether oxygens (including phenoxy) is 1. The molecule has 2 aromatic carbocycles. The van der Waals surface area contributed by atoms with Crippen LogP contribution in [0.3, 0.4) is 0 Å². The van der Waals surface area contributed by atoms with E-state index in [4.69, 9.17) is 0 Å². The Labute approximate surface area is 185 Å².